The lowest BCUT2D eigenvalue weighted by Crippen LogP contribution is -2.24. The van der Waals surface area contributed by atoms with Crippen LogP contribution in [0.5, 0.6) is 0 Å². The van der Waals surface area contributed by atoms with Gasteiger partial charge in [-0.3, -0.25) is 24.8 Å². The summed E-state index contributed by atoms with van der Waals surface area (Å²) in [4.78, 5) is 34.0. The quantitative estimate of drug-likeness (QED) is 0.274. The summed E-state index contributed by atoms with van der Waals surface area (Å²) in [5.41, 5.74) is 7.52. The van der Waals surface area contributed by atoms with Crippen LogP contribution in [0, 0.1) is 12.8 Å². The summed E-state index contributed by atoms with van der Waals surface area (Å²) in [5, 5.41) is 12.7. The second kappa shape index (κ2) is 9.46. The van der Waals surface area contributed by atoms with E-state index in [1.54, 1.807) is 24.9 Å². The SMILES string of the molecule is Cc1cn(-c2cncc3[nH]c(-c4n[nH]c5cnc(-c6cncc(NC(=O)C7CCCCC7)c6)cc45)cc23)cn1. The van der Waals surface area contributed by atoms with Gasteiger partial charge in [0.2, 0.25) is 5.91 Å². The highest BCUT2D eigenvalue weighted by molar-refractivity contribution is 5.98. The van der Waals surface area contributed by atoms with Gasteiger partial charge in [0.25, 0.3) is 0 Å². The molecule has 1 amide bonds. The van der Waals surface area contributed by atoms with Crippen molar-refractivity contribution in [3.05, 3.63) is 67.4 Å². The summed E-state index contributed by atoms with van der Waals surface area (Å²) >= 11 is 0. The first kappa shape index (κ1) is 23.3. The van der Waals surface area contributed by atoms with E-state index in [4.69, 9.17) is 0 Å². The number of imidazole rings is 1. The van der Waals surface area contributed by atoms with Crippen LogP contribution in [-0.2, 0) is 4.79 Å². The average molecular weight is 518 g/mol. The van der Waals surface area contributed by atoms with Crippen molar-refractivity contribution in [2.45, 2.75) is 39.0 Å². The minimum absolute atomic E-state index is 0.0766. The number of fused-ring (bicyclic) bond motifs is 2. The van der Waals surface area contributed by atoms with Crippen LogP contribution in [0.2, 0.25) is 0 Å². The van der Waals surface area contributed by atoms with E-state index >= 15 is 0 Å². The van der Waals surface area contributed by atoms with Gasteiger partial charge in [0, 0.05) is 34.6 Å². The second-order valence-corrected chi connectivity index (χ2v) is 10.2. The molecule has 6 aromatic rings. The number of aromatic amines is 2. The largest absolute Gasteiger partial charge is 0.352 e. The van der Waals surface area contributed by atoms with Crippen LogP contribution in [-0.4, -0.2) is 45.6 Å². The van der Waals surface area contributed by atoms with Crippen LogP contribution in [0.15, 0.2) is 61.7 Å². The number of carbonyl (C=O) groups excluding carboxylic acids is 1. The van der Waals surface area contributed by atoms with Crippen molar-refractivity contribution in [3.63, 3.8) is 0 Å². The predicted octanol–water partition coefficient (Wildman–Crippen LogP) is 5.58. The summed E-state index contributed by atoms with van der Waals surface area (Å²) in [6, 6.07) is 6.01. The highest BCUT2D eigenvalue weighted by atomic mass is 16.1. The molecule has 1 fully saturated rings. The number of rotatable bonds is 5. The Labute approximate surface area is 223 Å². The van der Waals surface area contributed by atoms with E-state index in [1.807, 2.05) is 42.2 Å². The lowest BCUT2D eigenvalue weighted by atomic mass is 9.88. The Balaban J connectivity index is 1.22. The Morgan fingerprint density at radius 3 is 2.67 bits per heavy atom. The molecule has 0 saturated heterocycles. The molecular formula is C29H27N9O. The Bertz CT molecular complexity index is 1820. The fraction of sp³-hybridized carbons (Fsp3) is 0.241. The topological polar surface area (TPSA) is 130 Å². The Hall–Kier alpha value is -4.86. The molecule has 0 radical (unpaired) electrons. The van der Waals surface area contributed by atoms with Crippen LogP contribution in [0.4, 0.5) is 5.69 Å². The number of aromatic nitrogens is 8. The minimum Gasteiger partial charge on any atom is -0.352 e. The zero-order chi connectivity index (χ0) is 26.3. The van der Waals surface area contributed by atoms with E-state index in [0.29, 0.717) is 5.69 Å². The summed E-state index contributed by atoms with van der Waals surface area (Å²) in [6.45, 7) is 1.96. The number of nitrogens with one attached hydrogen (secondary N) is 3. The molecule has 6 heterocycles. The van der Waals surface area contributed by atoms with Gasteiger partial charge in [-0.1, -0.05) is 19.3 Å². The fourth-order valence-electron chi connectivity index (χ4n) is 5.46. The number of H-pyrrole nitrogens is 2. The van der Waals surface area contributed by atoms with Gasteiger partial charge in [-0.25, -0.2) is 4.98 Å². The first-order chi connectivity index (χ1) is 19.1. The van der Waals surface area contributed by atoms with Crippen molar-refractivity contribution in [1.29, 1.82) is 0 Å². The van der Waals surface area contributed by atoms with Crippen LogP contribution in [0.3, 0.4) is 0 Å². The Morgan fingerprint density at radius 1 is 0.949 bits per heavy atom. The zero-order valence-electron chi connectivity index (χ0n) is 21.5. The van der Waals surface area contributed by atoms with Gasteiger partial charge in [0.1, 0.15) is 5.69 Å². The van der Waals surface area contributed by atoms with Gasteiger partial charge in [0.05, 0.1) is 70.6 Å². The number of carbonyl (C=O) groups is 1. The van der Waals surface area contributed by atoms with Gasteiger partial charge in [0.15, 0.2) is 0 Å². The summed E-state index contributed by atoms with van der Waals surface area (Å²) in [5.74, 6) is 0.155. The maximum atomic E-state index is 12.8. The molecule has 10 nitrogen and oxygen atoms in total. The van der Waals surface area contributed by atoms with Crippen molar-refractivity contribution < 1.29 is 4.79 Å². The molecule has 0 bridgehead atoms. The summed E-state index contributed by atoms with van der Waals surface area (Å²) < 4.78 is 1.97. The minimum atomic E-state index is 0.0766. The molecule has 7 rings (SSSR count). The van der Waals surface area contributed by atoms with Crippen molar-refractivity contribution in [3.8, 4) is 28.3 Å². The molecule has 0 atom stereocenters. The third-order valence-corrected chi connectivity index (χ3v) is 7.49. The average Bonchev–Trinajstić information content (AvgIpc) is 3.71. The smallest absolute Gasteiger partial charge is 0.227 e. The van der Waals surface area contributed by atoms with Crippen LogP contribution < -0.4 is 5.32 Å². The summed E-state index contributed by atoms with van der Waals surface area (Å²) in [7, 11) is 0. The normalized spacial score (nSPS) is 14.3. The number of nitrogens with zero attached hydrogens (tertiary/aromatic N) is 6. The predicted molar refractivity (Wildman–Crippen MR) is 149 cm³/mol. The van der Waals surface area contributed by atoms with E-state index in [-0.39, 0.29) is 11.8 Å². The number of aryl methyl sites for hydroxylation is 1. The lowest BCUT2D eigenvalue weighted by Gasteiger charge is -2.20. The molecule has 6 aromatic heterocycles. The van der Waals surface area contributed by atoms with E-state index in [1.165, 1.54) is 6.42 Å². The van der Waals surface area contributed by atoms with Crippen LogP contribution in [0.25, 0.3) is 50.1 Å². The lowest BCUT2D eigenvalue weighted by molar-refractivity contribution is -0.120. The Morgan fingerprint density at radius 2 is 1.82 bits per heavy atom. The number of anilines is 1. The first-order valence-electron chi connectivity index (χ1n) is 13.2. The van der Waals surface area contributed by atoms with E-state index in [0.717, 1.165) is 81.5 Å². The zero-order valence-corrected chi connectivity index (χ0v) is 21.5. The highest BCUT2D eigenvalue weighted by Gasteiger charge is 2.21. The van der Waals surface area contributed by atoms with Crippen molar-refractivity contribution in [2.75, 3.05) is 5.32 Å². The van der Waals surface area contributed by atoms with E-state index in [9.17, 15) is 4.79 Å². The van der Waals surface area contributed by atoms with Crippen LogP contribution in [0.1, 0.15) is 37.8 Å². The van der Waals surface area contributed by atoms with Crippen LogP contribution >= 0.6 is 0 Å². The molecule has 0 aliphatic heterocycles. The second-order valence-electron chi connectivity index (χ2n) is 10.2. The van der Waals surface area contributed by atoms with Gasteiger partial charge in [-0.05, 0) is 38.0 Å². The van der Waals surface area contributed by atoms with Gasteiger partial charge < -0.3 is 14.9 Å². The monoisotopic (exact) mass is 517 g/mol. The third-order valence-electron chi connectivity index (χ3n) is 7.49. The van der Waals surface area contributed by atoms with Crippen molar-refractivity contribution in [1.82, 2.24) is 39.7 Å². The van der Waals surface area contributed by atoms with Crippen molar-refractivity contribution in [2.24, 2.45) is 5.92 Å². The highest BCUT2D eigenvalue weighted by Crippen LogP contribution is 2.33. The number of pyridine rings is 3. The first-order valence-corrected chi connectivity index (χ1v) is 13.2. The summed E-state index contributed by atoms with van der Waals surface area (Å²) in [6.07, 6.45) is 18.0. The molecule has 1 saturated carbocycles. The number of amides is 1. The maximum absolute atomic E-state index is 12.8. The molecule has 0 aromatic carbocycles. The maximum Gasteiger partial charge on any atom is 0.227 e. The molecule has 1 aliphatic rings. The number of hydrogen-bond acceptors (Lipinski definition) is 6. The molecule has 194 valence electrons. The van der Waals surface area contributed by atoms with E-state index in [2.05, 4.69) is 46.5 Å². The van der Waals surface area contributed by atoms with Gasteiger partial charge in [-0.2, -0.15) is 5.10 Å². The van der Waals surface area contributed by atoms with Gasteiger partial charge >= 0.3 is 0 Å². The third kappa shape index (κ3) is 4.33. The Kier molecular flexibility index (Phi) is 5.65. The molecule has 1 aliphatic carbocycles. The van der Waals surface area contributed by atoms with Gasteiger partial charge in [-0.15, -0.1) is 0 Å². The fourth-order valence-corrected chi connectivity index (χ4v) is 5.46. The molecular weight excluding hydrogens is 490 g/mol. The molecule has 0 unspecified atom stereocenters. The molecule has 3 N–H and O–H groups in total. The molecule has 0 spiro atoms. The van der Waals surface area contributed by atoms with E-state index < -0.39 is 0 Å². The molecule has 39 heavy (non-hydrogen) atoms. The molecule has 10 heteroatoms. The van der Waals surface area contributed by atoms with Crippen molar-refractivity contribution >= 4 is 33.4 Å². The standard InChI is InChI=1S/C29H27N9O/c1-17-15-38(16-33-17)27-14-31-12-25-21(27)8-24(35-25)28-22-9-23(32-13-26(22)36-37-28)19-7-20(11-30-10-19)34-29(39)18-5-3-2-4-6-18/h7-16,18,35H,2-6H2,1H3,(H,34,39)(H,36,37). The number of hydrogen-bond donors (Lipinski definition) is 3.